The monoisotopic (exact) mass is 488 g/mol. The number of rotatable bonds is 6. The van der Waals surface area contributed by atoms with Gasteiger partial charge < -0.3 is 78.9 Å². The molecule has 0 radical (unpaired) electrons. The lowest BCUT2D eigenvalue weighted by molar-refractivity contribution is -0.540. The van der Waals surface area contributed by atoms with Crippen molar-refractivity contribution in [2.75, 3.05) is 13.1 Å². The molecule has 2 aliphatic heterocycles. The van der Waals surface area contributed by atoms with Crippen molar-refractivity contribution in [2.24, 2.45) is 0 Å². The molecular weight excluding hydrogens is 444 g/mol. The lowest BCUT2D eigenvalue weighted by Crippen LogP contribution is -2.84. The zero-order chi connectivity index (χ0) is 24.6. The van der Waals surface area contributed by atoms with Gasteiger partial charge in [0.2, 0.25) is 6.29 Å². The molecule has 15 atom stereocenters. The van der Waals surface area contributed by atoms with E-state index >= 15 is 0 Å². The molecule has 0 amide bonds. The number of aliphatic hydroxyl groups is 5. The summed E-state index contributed by atoms with van der Waals surface area (Å²) in [5.41, 5.74) is 23.3. The third-order valence-corrected chi connectivity index (χ3v) is 7.05. The number of aliphatic hydroxyl groups excluding tert-OH is 5. The number of hydrogen-bond acceptors (Lipinski definition) is 9. The largest absolute Gasteiger partial charge is 0.387 e. The lowest BCUT2D eigenvalue weighted by Gasteiger charge is -2.45. The predicted octanol–water partition coefficient (Wildman–Crippen LogP) is -11.7. The van der Waals surface area contributed by atoms with Crippen LogP contribution >= 0.6 is 0 Å². The number of ether oxygens (including phenoxy) is 4. The van der Waals surface area contributed by atoms with Crippen LogP contribution in [0.2, 0.25) is 0 Å². The van der Waals surface area contributed by atoms with Gasteiger partial charge in [-0.25, -0.2) is 0 Å². The Kier molecular flexibility index (Phi) is 8.99. The summed E-state index contributed by atoms with van der Waals surface area (Å²) in [6.45, 7) is 0.498. The molecule has 0 aromatic carbocycles. The van der Waals surface area contributed by atoms with Crippen molar-refractivity contribution in [3.05, 3.63) is 0 Å². The van der Waals surface area contributed by atoms with Gasteiger partial charge in [-0.1, -0.05) is 0 Å². The van der Waals surface area contributed by atoms with Crippen molar-refractivity contribution in [1.29, 1.82) is 0 Å². The van der Waals surface area contributed by atoms with Gasteiger partial charge in [0, 0.05) is 0 Å². The molecule has 1 aliphatic carbocycles. The maximum atomic E-state index is 10.9. The summed E-state index contributed by atoms with van der Waals surface area (Å²) in [6.07, 6.45) is -11.1. The minimum atomic E-state index is -1.41. The molecule has 0 aromatic heterocycles. The third-order valence-electron chi connectivity index (χ3n) is 7.05. The fourth-order valence-corrected chi connectivity index (χ4v) is 4.79. The Morgan fingerprint density at radius 1 is 0.606 bits per heavy atom. The molecular formula is C18H44N6O9+6. The second-order valence-corrected chi connectivity index (χ2v) is 9.40. The van der Waals surface area contributed by atoms with Crippen LogP contribution in [0.4, 0.5) is 0 Å². The van der Waals surface area contributed by atoms with Crippen molar-refractivity contribution < 1.29 is 78.9 Å². The quantitative estimate of drug-likeness (QED) is 0.169. The van der Waals surface area contributed by atoms with Gasteiger partial charge in [0.25, 0.3) is 0 Å². The summed E-state index contributed by atoms with van der Waals surface area (Å²) >= 11 is 0. The van der Waals surface area contributed by atoms with Gasteiger partial charge >= 0.3 is 0 Å². The van der Waals surface area contributed by atoms with Gasteiger partial charge in [0.1, 0.15) is 80.0 Å². The van der Waals surface area contributed by atoms with Crippen LogP contribution < -0.4 is 34.4 Å². The number of quaternary nitrogens is 6. The Hall–Kier alpha value is -0.600. The van der Waals surface area contributed by atoms with E-state index in [1.165, 1.54) is 0 Å². The highest BCUT2D eigenvalue weighted by Crippen LogP contribution is 2.30. The molecule has 0 spiro atoms. The maximum absolute atomic E-state index is 10.9. The Morgan fingerprint density at radius 3 is 1.76 bits per heavy atom. The normalized spacial score (nSPS) is 53.7. The van der Waals surface area contributed by atoms with Crippen LogP contribution in [-0.2, 0) is 18.9 Å². The molecule has 0 aromatic rings. The molecule has 15 heteroatoms. The van der Waals surface area contributed by atoms with Crippen molar-refractivity contribution >= 4 is 0 Å². The average molecular weight is 489 g/mol. The summed E-state index contributed by atoms with van der Waals surface area (Å²) in [7, 11) is 0. The summed E-state index contributed by atoms with van der Waals surface area (Å²) in [6, 6.07) is -2.26. The topological polar surface area (TPSA) is 304 Å². The van der Waals surface area contributed by atoms with E-state index in [1.54, 1.807) is 0 Å². The first-order valence-electron chi connectivity index (χ1n) is 11.4. The first-order valence-corrected chi connectivity index (χ1v) is 11.4. The van der Waals surface area contributed by atoms with Gasteiger partial charge in [-0.3, -0.25) is 0 Å². The smallest absolute Gasteiger partial charge is 0.214 e. The molecule has 3 fully saturated rings. The summed E-state index contributed by atoms with van der Waals surface area (Å²) in [4.78, 5) is 0. The Bertz CT molecular complexity index is 636. The van der Waals surface area contributed by atoms with Gasteiger partial charge in [0.15, 0.2) is 18.4 Å². The fourth-order valence-electron chi connectivity index (χ4n) is 4.79. The molecule has 2 heterocycles. The van der Waals surface area contributed by atoms with Crippen molar-refractivity contribution in [2.45, 2.75) is 98.1 Å². The Balaban J connectivity index is 1.80. The molecule has 33 heavy (non-hydrogen) atoms. The summed E-state index contributed by atoms with van der Waals surface area (Å²) in [5.74, 6) is 0. The molecule has 0 bridgehead atoms. The van der Waals surface area contributed by atoms with Gasteiger partial charge in [-0.2, -0.15) is 0 Å². The highest BCUT2D eigenvalue weighted by atomic mass is 16.7. The molecule has 2 saturated heterocycles. The van der Waals surface area contributed by atoms with Gasteiger partial charge in [-0.05, 0) is 0 Å². The van der Waals surface area contributed by atoms with Crippen LogP contribution in [-0.4, -0.2) is 130 Å². The van der Waals surface area contributed by atoms with E-state index in [1.807, 2.05) is 0 Å². The molecule has 3 rings (SSSR count). The van der Waals surface area contributed by atoms with E-state index in [2.05, 4.69) is 34.4 Å². The highest BCUT2D eigenvalue weighted by molar-refractivity contribution is 4.97. The Morgan fingerprint density at radius 2 is 1.15 bits per heavy atom. The molecule has 0 unspecified atom stereocenters. The molecule has 23 N–H and O–H groups in total. The van der Waals surface area contributed by atoms with E-state index in [0.717, 1.165) is 0 Å². The first-order chi connectivity index (χ1) is 15.5. The van der Waals surface area contributed by atoms with Crippen LogP contribution in [0.5, 0.6) is 0 Å². The van der Waals surface area contributed by atoms with Crippen molar-refractivity contribution in [3.63, 3.8) is 0 Å². The SMILES string of the molecule is [NH3+]C[C@H]1O[C@@H](O[C@@H]2[C@@H](O)[C@H]([NH3+])C[C@H]([NH3+])[C@H]2O[C@H]2O[C@H](C[NH3+])[C@@H](O)[C@H](O)[C@H]2[NH3+])[C@H](O)[C@H](O)[C@@H]1[NH3+]. The van der Waals surface area contributed by atoms with E-state index in [9.17, 15) is 25.5 Å². The van der Waals surface area contributed by atoms with Gasteiger partial charge in [0.05, 0.1) is 6.42 Å². The van der Waals surface area contributed by atoms with E-state index < -0.39 is 91.7 Å². The van der Waals surface area contributed by atoms with E-state index in [-0.39, 0.29) is 6.54 Å². The van der Waals surface area contributed by atoms with Crippen molar-refractivity contribution in [3.8, 4) is 0 Å². The standard InChI is InChI=1S/C18H38N6O9/c19-2-6-8(23)12(27)14(29)18(30-6)33-16-10(25)4(21)1-5(22)15(16)32-17-9(24)13(28)11(26)7(3-20)31-17/h4-18,25-29H,1-3,19-24H2/p+6/t4-,5+,6-,7-,8-,9-,10+,11-,12-,13-,14-,15-,16-,17-,18+/m1/s1. The van der Waals surface area contributed by atoms with Gasteiger partial charge in [-0.15, -0.1) is 0 Å². The molecule has 1 saturated carbocycles. The molecule has 194 valence electrons. The molecule has 15 nitrogen and oxygen atoms in total. The van der Waals surface area contributed by atoms with E-state index in [4.69, 9.17) is 18.9 Å². The highest BCUT2D eigenvalue weighted by Gasteiger charge is 2.55. The zero-order valence-electron chi connectivity index (χ0n) is 18.9. The number of hydrogen-bond donors (Lipinski definition) is 11. The van der Waals surface area contributed by atoms with E-state index in [0.29, 0.717) is 13.0 Å². The fraction of sp³-hybridized carbons (Fsp3) is 1.00. The van der Waals surface area contributed by atoms with Crippen LogP contribution in [0.25, 0.3) is 0 Å². The minimum Gasteiger partial charge on any atom is -0.387 e. The first kappa shape index (κ1) is 27.0. The zero-order valence-corrected chi connectivity index (χ0v) is 18.9. The van der Waals surface area contributed by atoms with Crippen molar-refractivity contribution in [1.82, 2.24) is 0 Å². The second kappa shape index (κ2) is 11.0. The molecule has 3 aliphatic rings. The maximum Gasteiger partial charge on any atom is 0.214 e. The minimum absolute atomic E-state index is 0.200. The third kappa shape index (κ3) is 5.32. The second-order valence-electron chi connectivity index (χ2n) is 9.40. The average Bonchev–Trinajstić information content (AvgIpc) is 2.79. The van der Waals surface area contributed by atoms with Crippen LogP contribution in [0.15, 0.2) is 0 Å². The van der Waals surface area contributed by atoms with Crippen LogP contribution in [0.3, 0.4) is 0 Å². The predicted molar refractivity (Wildman–Crippen MR) is 104 cm³/mol. The Labute approximate surface area is 190 Å². The summed E-state index contributed by atoms with van der Waals surface area (Å²) < 4.78 is 23.7. The lowest BCUT2D eigenvalue weighted by atomic mass is 9.84. The van der Waals surface area contributed by atoms with Crippen LogP contribution in [0.1, 0.15) is 6.42 Å². The summed E-state index contributed by atoms with van der Waals surface area (Å²) in [5, 5.41) is 52.4. The van der Waals surface area contributed by atoms with Crippen LogP contribution in [0, 0.1) is 0 Å².